The van der Waals surface area contributed by atoms with Gasteiger partial charge in [-0.15, -0.1) is 5.10 Å². The van der Waals surface area contributed by atoms with Crippen LogP contribution in [-0.4, -0.2) is 32.8 Å². The lowest BCUT2D eigenvalue weighted by Gasteiger charge is -2.17. The molecule has 0 spiro atoms. The highest BCUT2D eigenvalue weighted by molar-refractivity contribution is 5.75. The maximum atomic E-state index is 12.1. The molecule has 0 bridgehead atoms. The van der Waals surface area contributed by atoms with Crippen molar-refractivity contribution in [1.29, 1.82) is 0 Å². The first-order valence-corrected chi connectivity index (χ1v) is 6.47. The van der Waals surface area contributed by atoms with E-state index in [1.165, 1.54) is 10.2 Å². The van der Waals surface area contributed by atoms with Crippen LogP contribution in [0.5, 0.6) is 0 Å². The predicted octanol–water partition coefficient (Wildman–Crippen LogP) is 0.704. The molecule has 0 radical (unpaired) electrons. The van der Waals surface area contributed by atoms with E-state index in [0.29, 0.717) is 18.8 Å². The Morgan fingerprint density at radius 1 is 1.45 bits per heavy atom. The molecule has 6 heteroatoms. The number of aryl methyl sites for hydroxylation is 1. The molecule has 0 saturated heterocycles. The highest BCUT2D eigenvalue weighted by atomic mass is 16.2. The van der Waals surface area contributed by atoms with Gasteiger partial charge in [0, 0.05) is 20.1 Å². The first-order chi connectivity index (χ1) is 9.58. The second kappa shape index (κ2) is 6.29. The monoisotopic (exact) mass is 273 g/mol. The number of carbonyl (C=O) groups is 1. The molecule has 2 aromatic rings. The third-order valence-corrected chi connectivity index (χ3v) is 3.02. The van der Waals surface area contributed by atoms with Gasteiger partial charge in [0.25, 0.3) is 0 Å². The molecule has 0 fully saturated rings. The van der Waals surface area contributed by atoms with E-state index in [9.17, 15) is 4.79 Å². The fourth-order valence-electron chi connectivity index (χ4n) is 1.94. The van der Waals surface area contributed by atoms with Crippen LogP contribution in [-0.2, 0) is 24.4 Å². The number of hydrogen-bond donors (Lipinski definition) is 1. The van der Waals surface area contributed by atoms with Crippen LogP contribution in [0.3, 0.4) is 0 Å². The number of aromatic nitrogens is 3. The highest BCUT2D eigenvalue weighted by Crippen LogP contribution is 2.07. The van der Waals surface area contributed by atoms with Crippen LogP contribution in [0.15, 0.2) is 30.5 Å². The summed E-state index contributed by atoms with van der Waals surface area (Å²) in [4.78, 5) is 13.8. The number of carbonyl (C=O) groups excluding carboxylic acids is 1. The number of hydrogen-bond acceptors (Lipinski definition) is 4. The van der Waals surface area contributed by atoms with Gasteiger partial charge >= 0.3 is 0 Å². The fraction of sp³-hybridized carbons (Fsp3) is 0.357. The Balaban J connectivity index is 1.95. The number of likely N-dealkylation sites (N-methyl/N-ethyl adjacent to an activating group) is 1. The van der Waals surface area contributed by atoms with E-state index in [4.69, 9.17) is 5.73 Å². The molecular weight excluding hydrogens is 254 g/mol. The molecule has 0 aliphatic rings. The van der Waals surface area contributed by atoms with E-state index in [-0.39, 0.29) is 12.5 Å². The van der Waals surface area contributed by atoms with Gasteiger partial charge in [0.1, 0.15) is 6.54 Å². The zero-order valence-electron chi connectivity index (χ0n) is 11.8. The van der Waals surface area contributed by atoms with Gasteiger partial charge in [0.05, 0.1) is 11.9 Å². The maximum Gasteiger partial charge on any atom is 0.244 e. The summed E-state index contributed by atoms with van der Waals surface area (Å²) in [6, 6.07) is 8.12. The molecule has 0 aliphatic carbocycles. The Kier molecular flexibility index (Phi) is 4.47. The average molecular weight is 273 g/mol. The molecule has 6 nitrogen and oxygen atoms in total. The summed E-state index contributed by atoms with van der Waals surface area (Å²) in [5, 5.41) is 7.73. The van der Waals surface area contributed by atoms with E-state index < -0.39 is 0 Å². The molecule has 1 heterocycles. The summed E-state index contributed by atoms with van der Waals surface area (Å²) in [5.74, 6) is -0.0139. The average Bonchev–Trinajstić information content (AvgIpc) is 2.86. The van der Waals surface area contributed by atoms with E-state index in [1.807, 2.05) is 25.1 Å². The van der Waals surface area contributed by atoms with Crippen LogP contribution < -0.4 is 5.73 Å². The van der Waals surface area contributed by atoms with Gasteiger partial charge < -0.3 is 10.6 Å². The Bertz CT molecular complexity index is 593. The zero-order chi connectivity index (χ0) is 14.5. The van der Waals surface area contributed by atoms with Crippen molar-refractivity contribution in [3.8, 4) is 0 Å². The van der Waals surface area contributed by atoms with Crippen LogP contribution in [0.2, 0.25) is 0 Å². The van der Waals surface area contributed by atoms with Crippen molar-refractivity contribution in [2.45, 2.75) is 26.6 Å². The Morgan fingerprint density at radius 3 is 2.90 bits per heavy atom. The SMILES string of the molecule is Cc1cccc(CN(C)C(=O)Cn2cc(CN)nn2)c1. The Hall–Kier alpha value is -2.21. The second-order valence-electron chi connectivity index (χ2n) is 4.85. The number of nitrogens with two attached hydrogens (primary N) is 1. The van der Waals surface area contributed by atoms with Crippen LogP contribution in [0, 0.1) is 6.92 Å². The van der Waals surface area contributed by atoms with Crippen LogP contribution in [0.25, 0.3) is 0 Å². The summed E-state index contributed by atoms with van der Waals surface area (Å²) >= 11 is 0. The molecule has 2 rings (SSSR count). The minimum Gasteiger partial charge on any atom is -0.340 e. The van der Waals surface area contributed by atoms with Gasteiger partial charge in [-0.2, -0.15) is 0 Å². The Labute approximate surface area is 118 Å². The van der Waals surface area contributed by atoms with Crippen molar-refractivity contribution in [3.05, 3.63) is 47.3 Å². The van der Waals surface area contributed by atoms with Crippen molar-refractivity contribution in [2.75, 3.05) is 7.05 Å². The topological polar surface area (TPSA) is 77.0 Å². The molecule has 1 aromatic carbocycles. The highest BCUT2D eigenvalue weighted by Gasteiger charge is 2.11. The number of amides is 1. The number of nitrogens with zero attached hydrogens (tertiary/aromatic N) is 4. The maximum absolute atomic E-state index is 12.1. The zero-order valence-corrected chi connectivity index (χ0v) is 11.8. The molecule has 20 heavy (non-hydrogen) atoms. The summed E-state index contributed by atoms with van der Waals surface area (Å²) in [6.45, 7) is 3.12. The molecule has 1 amide bonds. The van der Waals surface area contributed by atoms with Gasteiger partial charge in [0.15, 0.2) is 0 Å². The van der Waals surface area contributed by atoms with Gasteiger partial charge in [-0.25, -0.2) is 4.68 Å². The quantitative estimate of drug-likeness (QED) is 0.870. The lowest BCUT2D eigenvalue weighted by Crippen LogP contribution is -2.30. The number of rotatable bonds is 5. The van der Waals surface area contributed by atoms with Crippen molar-refractivity contribution >= 4 is 5.91 Å². The van der Waals surface area contributed by atoms with Crippen LogP contribution in [0.1, 0.15) is 16.8 Å². The van der Waals surface area contributed by atoms with E-state index in [1.54, 1.807) is 18.1 Å². The predicted molar refractivity (Wildman–Crippen MR) is 75.6 cm³/mol. The molecule has 0 unspecified atom stereocenters. The summed E-state index contributed by atoms with van der Waals surface area (Å²) in [6.07, 6.45) is 1.69. The first kappa shape index (κ1) is 14.2. The minimum absolute atomic E-state index is 0.0139. The molecule has 1 aromatic heterocycles. The van der Waals surface area contributed by atoms with Crippen LogP contribution in [0.4, 0.5) is 0 Å². The normalized spacial score (nSPS) is 10.6. The summed E-state index contributed by atoms with van der Waals surface area (Å²) in [5.41, 5.74) is 8.44. The van der Waals surface area contributed by atoms with Gasteiger partial charge in [-0.05, 0) is 12.5 Å². The molecule has 106 valence electrons. The molecule has 0 saturated carbocycles. The first-order valence-electron chi connectivity index (χ1n) is 6.47. The van der Waals surface area contributed by atoms with Gasteiger partial charge in [-0.3, -0.25) is 4.79 Å². The minimum atomic E-state index is -0.0139. The lowest BCUT2D eigenvalue weighted by atomic mass is 10.1. The van der Waals surface area contributed by atoms with Crippen molar-refractivity contribution in [2.24, 2.45) is 5.73 Å². The molecule has 0 atom stereocenters. The van der Waals surface area contributed by atoms with Crippen molar-refractivity contribution in [1.82, 2.24) is 19.9 Å². The second-order valence-corrected chi connectivity index (χ2v) is 4.85. The standard InChI is InChI=1S/C14H19N5O/c1-11-4-3-5-12(6-11)8-18(2)14(20)10-19-9-13(7-15)16-17-19/h3-6,9H,7-8,10,15H2,1-2H3. The Morgan fingerprint density at radius 2 is 2.25 bits per heavy atom. The van der Waals surface area contributed by atoms with Crippen molar-refractivity contribution in [3.63, 3.8) is 0 Å². The third-order valence-electron chi connectivity index (χ3n) is 3.02. The number of benzene rings is 1. The molecule has 2 N–H and O–H groups in total. The van der Waals surface area contributed by atoms with Crippen molar-refractivity contribution < 1.29 is 4.79 Å². The van der Waals surface area contributed by atoms with Crippen LogP contribution >= 0.6 is 0 Å². The fourth-order valence-corrected chi connectivity index (χ4v) is 1.94. The molecular formula is C14H19N5O. The molecule has 0 aliphatic heterocycles. The lowest BCUT2D eigenvalue weighted by molar-refractivity contribution is -0.131. The van der Waals surface area contributed by atoms with Gasteiger partial charge in [0.2, 0.25) is 5.91 Å². The largest absolute Gasteiger partial charge is 0.340 e. The van der Waals surface area contributed by atoms with Gasteiger partial charge in [-0.1, -0.05) is 35.0 Å². The van der Waals surface area contributed by atoms with E-state index in [0.717, 1.165) is 5.56 Å². The summed E-state index contributed by atoms with van der Waals surface area (Å²) in [7, 11) is 1.78. The smallest absolute Gasteiger partial charge is 0.244 e. The summed E-state index contributed by atoms with van der Waals surface area (Å²) < 4.78 is 1.51. The van der Waals surface area contributed by atoms with E-state index >= 15 is 0 Å². The van der Waals surface area contributed by atoms with E-state index in [2.05, 4.69) is 16.4 Å². The third kappa shape index (κ3) is 3.64.